The molecule has 0 aromatic heterocycles. The third kappa shape index (κ3) is 49.3. The molecule has 0 saturated carbocycles. The van der Waals surface area contributed by atoms with Gasteiger partial charge in [-0.3, -0.25) is 14.4 Å². The van der Waals surface area contributed by atoms with E-state index in [1.807, 2.05) is 0 Å². The second-order valence-corrected chi connectivity index (χ2v) is 17.0. The maximum absolute atomic E-state index is 12.8. The maximum atomic E-state index is 12.8. The highest BCUT2D eigenvalue weighted by Gasteiger charge is 2.19. The first-order valence-corrected chi connectivity index (χ1v) is 26.2. The topological polar surface area (TPSA) is 78.9 Å². The lowest BCUT2D eigenvalue weighted by Crippen LogP contribution is -2.30. The molecule has 6 nitrogen and oxygen atoms in total. The van der Waals surface area contributed by atoms with Crippen LogP contribution in [0.2, 0.25) is 0 Å². The zero-order valence-corrected chi connectivity index (χ0v) is 41.5. The Kier molecular flexibility index (Phi) is 49.0. The Morgan fingerprint density at radius 1 is 0.328 bits per heavy atom. The van der Waals surface area contributed by atoms with Gasteiger partial charge in [0, 0.05) is 19.3 Å². The van der Waals surface area contributed by atoms with Gasteiger partial charge < -0.3 is 14.2 Å². The normalized spacial score (nSPS) is 12.4. The van der Waals surface area contributed by atoms with Gasteiger partial charge in [0.25, 0.3) is 0 Å². The molecular weight excluding hydrogens is 793 g/mol. The van der Waals surface area contributed by atoms with E-state index in [1.54, 1.807) is 0 Å². The molecular formula is C58H96O6. The van der Waals surface area contributed by atoms with Crippen LogP contribution in [-0.4, -0.2) is 37.2 Å². The zero-order valence-electron chi connectivity index (χ0n) is 41.5. The van der Waals surface area contributed by atoms with Crippen molar-refractivity contribution in [2.45, 2.75) is 239 Å². The Bertz CT molecular complexity index is 1220. The van der Waals surface area contributed by atoms with Crippen LogP contribution in [0.1, 0.15) is 233 Å². The summed E-state index contributed by atoms with van der Waals surface area (Å²) >= 11 is 0. The van der Waals surface area contributed by atoms with Crippen molar-refractivity contribution in [1.29, 1.82) is 0 Å². The average Bonchev–Trinajstić information content (AvgIpc) is 3.29. The van der Waals surface area contributed by atoms with E-state index in [-0.39, 0.29) is 31.1 Å². The van der Waals surface area contributed by atoms with Gasteiger partial charge in [-0.1, -0.05) is 214 Å². The van der Waals surface area contributed by atoms with E-state index in [0.717, 1.165) is 135 Å². The van der Waals surface area contributed by atoms with Gasteiger partial charge >= 0.3 is 17.9 Å². The molecule has 0 bridgehead atoms. The molecule has 0 aromatic carbocycles. The van der Waals surface area contributed by atoms with Crippen LogP contribution in [0, 0.1) is 0 Å². The fraction of sp³-hybridized carbons (Fsp3) is 0.672. The van der Waals surface area contributed by atoms with E-state index in [1.165, 1.54) is 57.8 Å². The first-order chi connectivity index (χ1) is 31.5. The second-order valence-electron chi connectivity index (χ2n) is 17.0. The third-order valence-corrected chi connectivity index (χ3v) is 10.8. The van der Waals surface area contributed by atoms with Crippen molar-refractivity contribution in [3.8, 4) is 0 Å². The molecule has 0 radical (unpaired) electrons. The summed E-state index contributed by atoms with van der Waals surface area (Å²) in [6.07, 6.45) is 68.1. The average molecular weight is 889 g/mol. The molecule has 0 aliphatic heterocycles. The van der Waals surface area contributed by atoms with Crippen LogP contribution < -0.4 is 0 Å². The Labute approximate surface area is 394 Å². The third-order valence-electron chi connectivity index (χ3n) is 10.8. The van der Waals surface area contributed by atoms with Crippen LogP contribution in [0.3, 0.4) is 0 Å². The Balaban J connectivity index is 4.46. The van der Waals surface area contributed by atoms with Gasteiger partial charge in [-0.2, -0.15) is 0 Å². The molecule has 0 amide bonds. The summed E-state index contributed by atoms with van der Waals surface area (Å²) in [6.45, 7) is 6.36. The van der Waals surface area contributed by atoms with E-state index in [0.29, 0.717) is 19.3 Å². The van der Waals surface area contributed by atoms with Crippen LogP contribution in [0.25, 0.3) is 0 Å². The van der Waals surface area contributed by atoms with Crippen LogP contribution >= 0.6 is 0 Å². The smallest absolute Gasteiger partial charge is 0.306 e. The molecule has 6 heteroatoms. The van der Waals surface area contributed by atoms with Crippen molar-refractivity contribution < 1.29 is 28.6 Å². The molecule has 0 aromatic rings. The Morgan fingerprint density at radius 2 is 0.609 bits per heavy atom. The standard InChI is InChI=1S/C58H96O6/c1-4-7-10-13-16-19-22-25-27-29-31-33-36-38-41-44-47-50-56(59)62-53-55(64-58(61)52-49-46-43-40-35-24-21-18-15-12-9-6-3)54-63-57(60)51-48-45-42-39-37-34-32-30-28-26-23-20-17-14-11-8-5-2/h7-8,10-11,16-17,19-20,25-28,31-34,55H,4-6,9,12-15,18,21-24,29-30,35-54H2,1-3H3/b10-7-,11-8-,19-16-,20-17-,27-25-,28-26-,33-31-,34-32-. The summed E-state index contributed by atoms with van der Waals surface area (Å²) in [4.78, 5) is 38.0. The predicted molar refractivity (Wildman–Crippen MR) is 274 cm³/mol. The van der Waals surface area contributed by atoms with Gasteiger partial charge in [0.1, 0.15) is 13.2 Å². The molecule has 0 rings (SSSR count). The quantitative estimate of drug-likeness (QED) is 0.0262. The van der Waals surface area contributed by atoms with Crippen molar-refractivity contribution in [3.05, 3.63) is 97.2 Å². The second kappa shape index (κ2) is 52.0. The first-order valence-electron chi connectivity index (χ1n) is 26.2. The number of hydrogen-bond donors (Lipinski definition) is 0. The lowest BCUT2D eigenvalue weighted by atomic mass is 10.0. The number of hydrogen-bond acceptors (Lipinski definition) is 6. The monoisotopic (exact) mass is 889 g/mol. The fourth-order valence-corrected chi connectivity index (χ4v) is 6.95. The minimum atomic E-state index is -0.796. The SMILES string of the molecule is CC/C=C\C/C=C\C/C=C\C/C=C\CCCCCCC(=O)OCC(COC(=O)CCCCCC/C=C\C/C=C\C/C=C\C/C=C\CC)OC(=O)CCCCCCCCCCCCCC. The van der Waals surface area contributed by atoms with Crippen LogP contribution in [-0.2, 0) is 28.6 Å². The molecule has 0 aliphatic carbocycles. The molecule has 0 atom stereocenters. The van der Waals surface area contributed by atoms with E-state index < -0.39 is 6.10 Å². The number of ether oxygens (including phenoxy) is 3. The van der Waals surface area contributed by atoms with Crippen molar-refractivity contribution in [1.82, 2.24) is 0 Å². The van der Waals surface area contributed by atoms with Gasteiger partial charge in [0.05, 0.1) is 0 Å². The highest BCUT2D eigenvalue weighted by molar-refractivity contribution is 5.71. The predicted octanol–water partition coefficient (Wildman–Crippen LogP) is 17.4. The maximum Gasteiger partial charge on any atom is 0.306 e. The summed E-state index contributed by atoms with van der Waals surface area (Å²) in [7, 11) is 0. The zero-order chi connectivity index (χ0) is 46.5. The molecule has 0 saturated heterocycles. The van der Waals surface area contributed by atoms with Crippen LogP contribution in [0.15, 0.2) is 97.2 Å². The van der Waals surface area contributed by atoms with Gasteiger partial charge in [0.2, 0.25) is 0 Å². The highest BCUT2D eigenvalue weighted by atomic mass is 16.6. The largest absolute Gasteiger partial charge is 0.462 e. The number of unbranched alkanes of at least 4 members (excludes halogenated alkanes) is 19. The van der Waals surface area contributed by atoms with Gasteiger partial charge in [-0.05, 0) is 96.3 Å². The molecule has 0 heterocycles. The van der Waals surface area contributed by atoms with Crippen LogP contribution in [0.4, 0.5) is 0 Å². The number of esters is 3. The lowest BCUT2D eigenvalue weighted by Gasteiger charge is -2.18. The van der Waals surface area contributed by atoms with Crippen molar-refractivity contribution >= 4 is 17.9 Å². The minimum Gasteiger partial charge on any atom is -0.462 e. The molecule has 0 aliphatic rings. The molecule has 0 fully saturated rings. The van der Waals surface area contributed by atoms with Crippen molar-refractivity contribution in [2.75, 3.05) is 13.2 Å². The lowest BCUT2D eigenvalue weighted by molar-refractivity contribution is -0.167. The first kappa shape index (κ1) is 60.3. The molecule has 364 valence electrons. The molecule has 64 heavy (non-hydrogen) atoms. The molecule has 0 N–H and O–H groups in total. The highest BCUT2D eigenvalue weighted by Crippen LogP contribution is 2.14. The van der Waals surface area contributed by atoms with Crippen molar-refractivity contribution in [3.63, 3.8) is 0 Å². The summed E-state index contributed by atoms with van der Waals surface area (Å²) < 4.78 is 16.8. The van der Waals surface area contributed by atoms with E-state index in [2.05, 4.69) is 118 Å². The Morgan fingerprint density at radius 3 is 0.953 bits per heavy atom. The van der Waals surface area contributed by atoms with E-state index in [9.17, 15) is 14.4 Å². The molecule has 0 spiro atoms. The number of carbonyl (C=O) groups excluding carboxylic acids is 3. The van der Waals surface area contributed by atoms with Gasteiger partial charge in [-0.15, -0.1) is 0 Å². The summed E-state index contributed by atoms with van der Waals surface area (Å²) in [5.74, 6) is -0.944. The van der Waals surface area contributed by atoms with E-state index in [4.69, 9.17) is 14.2 Å². The van der Waals surface area contributed by atoms with Gasteiger partial charge in [0.15, 0.2) is 6.10 Å². The van der Waals surface area contributed by atoms with Gasteiger partial charge in [-0.25, -0.2) is 0 Å². The Hall–Kier alpha value is -3.67. The number of allylic oxidation sites excluding steroid dienone is 16. The van der Waals surface area contributed by atoms with Crippen molar-refractivity contribution in [2.24, 2.45) is 0 Å². The number of carbonyl (C=O) groups is 3. The summed E-state index contributed by atoms with van der Waals surface area (Å²) in [5, 5.41) is 0. The summed E-state index contributed by atoms with van der Waals surface area (Å²) in [5.41, 5.74) is 0. The summed E-state index contributed by atoms with van der Waals surface area (Å²) in [6, 6.07) is 0. The van der Waals surface area contributed by atoms with Crippen LogP contribution in [0.5, 0.6) is 0 Å². The molecule has 0 unspecified atom stereocenters. The number of rotatable bonds is 46. The fourth-order valence-electron chi connectivity index (χ4n) is 6.95. The van der Waals surface area contributed by atoms with E-state index >= 15 is 0 Å². The minimum absolute atomic E-state index is 0.0978.